The molecule has 0 aromatic rings. The second-order valence-corrected chi connectivity index (χ2v) is 6.38. The molecule has 0 aromatic carbocycles. The number of nitrogens with zero attached hydrogens (tertiary/aromatic N) is 1. The number of carboxylic acid groups (broad SMARTS) is 1. The molecule has 0 spiro atoms. The highest BCUT2D eigenvalue weighted by atomic mass is 16.4. The van der Waals surface area contributed by atoms with Crippen LogP contribution in [0.1, 0.15) is 45.4 Å². The van der Waals surface area contributed by atoms with Crippen LogP contribution in [0.15, 0.2) is 0 Å². The Morgan fingerprint density at radius 2 is 1.81 bits per heavy atom. The number of carboxylic acids is 1. The van der Waals surface area contributed by atoms with Crippen molar-refractivity contribution in [3.8, 4) is 0 Å². The molecule has 0 unspecified atom stereocenters. The number of aliphatic carboxylic acids is 1. The van der Waals surface area contributed by atoms with Crippen molar-refractivity contribution in [2.75, 3.05) is 13.1 Å². The van der Waals surface area contributed by atoms with E-state index in [1.54, 1.807) is 0 Å². The van der Waals surface area contributed by atoms with Gasteiger partial charge in [0.25, 0.3) is 0 Å². The molecular formula is C15H26N2O4. The summed E-state index contributed by atoms with van der Waals surface area (Å²) in [4.78, 5) is 24.5. The molecule has 2 fully saturated rings. The van der Waals surface area contributed by atoms with Crippen LogP contribution >= 0.6 is 0 Å². The smallest absolute Gasteiger partial charge is 0.326 e. The lowest BCUT2D eigenvalue weighted by atomic mass is 9.81. The molecule has 2 rings (SSSR count). The van der Waals surface area contributed by atoms with E-state index < -0.39 is 18.1 Å². The monoisotopic (exact) mass is 298 g/mol. The molecule has 1 saturated heterocycles. The number of hydrogen-bond acceptors (Lipinski definition) is 3. The van der Waals surface area contributed by atoms with Crippen molar-refractivity contribution in [1.29, 1.82) is 0 Å². The molecule has 0 radical (unpaired) electrons. The zero-order valence-electron chi connectivity index (χ0n) is 12.6. The number of β-amino-alcohol motifs (C(OH)–C–C–N with tert-alkyl or cyclic N) is 1. The van der Waals surface area contributed by atoms with E-state index >= 15 is 0 Å². The quantitative estimate of drug-likeness (QED) is 0.732. The molecule has 2 amide bonds. The Bertz CT molecular complexity index is 380. The predicted octanol–water partition coefficient (Wildman–Crippen LogP) is 1.43. The van der Waals surface area contributed by atoms with Crippen molar-refractivity contribution < 1.29 is 19.8 Å². The van der Waals surface area contributed by atoms with E-state index in [1.807, 2.05) is 0 Å². The van der Waals surface area contributed by atoms with E-state index in [4.69, 9.17) is 5.11 Å². The number of hydrogen-bond donors (Lipinski definition) is 3. The fourth-order valence-electron chi connectivity index (χ4n) is 3.45. The van der Waals surface area contributed by atoms with Crippen molar-refractivity contribution in [2.45, 2.75) is 57.6 Å². The van der Waals surface area contributed by atoms with Gasteiger partial charge in [0.2, 0.25) is 0 Å². The summed E-state index contributed by atoms with van der Waals surface area (Å²) >= 11 is 0. The van der Waals surface area contributed by atoms with Crippen molar-refractivity contribution in [1.82, 2.24) is 10.2 Å². The molecule has 1 aliphatic carbocycles. The van der Waals surface area contributed by atoms with Gasteiger partial charge in [-0.25, -0.2) is 9.59 Å². The van der Waals surface area contributed by atoms with Gasteiger partial charge < -0.3 is 20.4 Å². The van der Waals surface area contributed by atoms with Gasteiger partial charge >= 0.3 is 12.0 Å². The van der Waals surface area contributed by atoms with Crippen LogP contribution in [0.2, 0.25) is 0 Å². The SMILES string of the molecule is CCC1CCC(CNC(=O)N2C[C@H](O)C[C@@H]2C(=O)O)CC1. The van der Waals surface area contributed by atoms with E-state index in [9.17, 15) is 14.7 Å². The summed E-state index contributed by atoms with van der Waals surface area (Å²) < 4.78 is 0. The number of likely N-dealkylation sites (tertiary alicyclic amines) is 1. The van der Waals surface area contributed by atoms with Crippen molar-refractivity contribution in [3.63, 3.8) is 0 Å². The van der Waals surface area contributed by atoms with Gasteiger partial charge in [-0.15, -0.1) is 0 Å². The summed E-state index contributed by atoms with van der Waals surface area (Å²) in [6.45, 7) is 2.93. The molecule has 1 heterocycles. The normalized spacial score (nSPS) is 33.0. The van der Waals surface area contributed by atoms with Crippen LogP contribution in [0.3, 0.4) is 0 Å². The molecule has 6 nitrogen and oxygen atoms in total. The molecule has 3 N–H and O–H groups in total. The number of urea groups is 1. The molecule has 1 saturated carbocycles. The first-order chi connectivity index (χ1) is 10.0. The number of aliphatic hydroxyl groups is 1. The largest absolute Gasteiger partial charge is 0.480 e. The number of amides is 2. The predicted molar refractivity (Wildman–Crippen MR) is 77.9 cm³/mol. The number of rotatable bonds is 4. The second kappa shape index (κ2) is 7.11. The minimum atomic E-state index is -1.05. The first kappa shape index (κ1) is 16.1. The first-order valence-electron chi connectivity index (χ1n) is 7.96. The Morgan fingerprint density at radius 3 is 2.38 bits per heavy atom. The number of carbonyl (C=O) groups is 2. The zero-order chi connectivity index (χ0) is 15.4. The Hall–Kier alpha value is -1.30. The Kier molecular flexibility index (Phi) is 5.45. The summed E-state index contributed by atoms with van der Waals surface area (Å²) in [5, 5.41) is 21.5. The summed E-state index contributed by atoms with van der Waals surface area (Å²) in [7, 11) is 0. The summed E-state index contributed by atoms with van der Waals surface area (Å²) in [6.07, 6.45) is 5.30. The van der Waals surface area contributed by atoms with Crippen molar-refractivity contribution in [3.05, 3.63) is 0 Å². The highest BCUT2D eigenvalue weighted by molar-refractivity contribution is 5.83. The highest BCUT2D eigenvalue weighted by Gasteiger charge is 2.39. The molecule has 2 aliphatic rings. The van der Waals surface area contributed by atoms with Gasteiger partial charge in [-0.1, -0.05) is 26.2 Å². The fourth-order valence-corrected chi connectivity index (χ4v) is 3.45. The second-order valence-electron chi connectivity index (χ2n) is 6.38. The first-order valence-corrected chi connectivity index (χ1v) is 7.96. The number of carbonyl (C=O) groups excluding carboxylic acids is 1. The molecule has 120 valence electrons. The molecular weight excluding hydrogens is 272 g/mol. The van der Waals surface area contributed by atoms with E-state index in [0.717, 1.165) is 18.8 Å². The summed E-state index contributed by atoms with van der Waals surface area (Å²) in [6, 6.07) is -1.27. The summed E-state index contributed by atoms with van der Waals surface area (Å²) in [5.74, 6) is 0.264. The van der Waals surface area contributed by atoms with Crippen LogP contribution in [0.4, 0.5) is 4.79 Å². The van der Waals surface area contributed by atoms with Gasteiger partial charge in [-0.2, -0.15) is 0 Å². The van der Waals surface area contributed by atoms with Crippen LogP contribution in [-0.2, 0) is 4.79 Å². The van der Waals surface area contributed by atoms with Crippen molar-refractivity contribution in [2.24, 2.45) is 11.8 Å². The van der Waals surface area contributed by atoms with Gasteiger partial charge in [0.1, 0.15) is 6.04 Å². The lowest BCUT2D eigenvalue weighted by Crippen LogP contribution is -2.47. The van der Waals surface area contributed by atoms with Crippen LogP contribution in [-0.4, -0.2) is 52.3 Å². The molecule has 0 aromatic heterocycles. The lowest BCUT2D eigenvalue weighted by molar-refractivity contribution is -0.141. The minimum Gasteiger partial charge on any atom is -0.480 e. The lowest BCUT2D eigenvalue weighted by Gasteiger charge is -2.29. The van der Waals surface area contributed by atoms with Crippen LogP contribution in [0.5, 0.6) is 0 Å². The molecule has 0 bridgehead atoms. The van der Waals surface area contributed by atoms with E-state index in [2.05, 4.69) is 12.2 Å². The van der Waals surface area contributed by atoms with Gasteiger partial charge in [0, 0.05) is 19.5 Å². The Balaban J connectivity index is 1.78. The van der Waals surface area contributed by atoms with Gasteiger partial charge in [-0.05, 0) is 24.7 Å². The maximum absolute atomic E-state index is 12.1. The Labute approximate surface area is 125 Å². The molecule has 2 atom stereocenters. The van der Waals surface area contributed by atoms with E-state index in [1.165, 1.54) is 24.2 Å². The van der Waals surface area contributed by atoms with Crippen LogP contribution in [0, 0.1) is 11.8 Å². The third-order valence-electron chi connectivity index (χ3n) is 4.91. The maximum atomic E-state index is 12.1. The van der Waals surface area contributed by atoms with Gasteiger partial charge in [0.05, 0.1) is 6.10 Å². The molecule has 21 heavy (non-hydrogen) atoms. The van der Waals surface area contributed by atoms with E-state index in [-0.39, 0.29) is 19.0 Å². The third kappa shape index (κ3) is 4.09. The highest BCUT2D eigenvalue weighted by Crippen LogP contribution is 2.30. The maximum Gasteiger partial charge on any atom is 0.326 e. The standard InChI is InChI=1S/C15H26N2O4/c1-2-10-3-5-11(6-4-10)8-16-15(21)17-9-12(18)7-13(17)14(19)20/h10-13,18H,2-9H2,1H3,(H,16,21)(H,19,20)/t10?,11?,12-,13-/m1/s1. The van der Waals surface area contributed by atoms with E-state index in [0.29, 0.717) is 12.5 Å². The zero-order valence-corrected chi connectivity index (χ0v) is 12.6. The number of nitrogens with one attached hydrogen (secondary N) is 1. The summed E-state index contributed by atoms with van der Waals surface area (Å²) in [5.41, 5.74) is 0. The van der Waals surface area contributed by atoms with Crippen LogP contribution in [0.25, 0.3) is 0 Å². The Morgan fingerprint density at radius 1 is 1.19 bits per heavy atom. The number of aliphatic hydroxyl groups excluding tert-OH is 1. The van der Waals surface area contributed by atoms with Crippen molar-refractivity contribution >= 4 is 12.0 Å². The van der Waals surface area contributed by atoms with Crippen LogP contribution < -0.4 is 5.32 Å². The minimum absolute atomic E-state index is 0.103. The average molecular weight is 298 g/mol. The third-order valence-corrected chi connectivity index (χ3v) is 4.91. The molecule has 6 heteroatoms. The average Bonchev–Trinajstić information content (AvgIpc) is 2.87. The topological polar surface area (TPSA) is 89.9 Å². The molecule has 1 aliphatic heterocycles. The fraction of sp³-hybridized carbons (Fsp3) is 0.867. The van der Waals surface area contributed by atoms with Gasteiger partial charge in [0.15, 0.2) is 0 Å². The van der Waals surface area contributed by atoms with Gasteiger partial charge in [-0.3, -0.25) is 0 Å².